The van der Waals surface area contributed by atoms with Crippen molar-refractivity contribution in [1.29, 1.82) is 0 Å². The standard InChI is InChI=1S/C53H92O5/c1-4-7-10-13-16-19-22-25-26-27-30-33-36-39-42-45-48-56-49-51(58-53(55)47-44-41-38-35-32-29-24-21-18-15-12-9-6-3)50-57-52(54)46-43-40-37-34-31-28-23-20-17-14-11-8-5-2/h7,10-11,14,16,19-20,23,25-26,30,33,51H,4-6,8-9,12-13,15,17-18,21-22,24,27-29,31-32,34-50H2,1-3H3/b10-7-,14-11-,19-16-,23-20-,26-25-,33-30-. The Morgan fingerprint density at radius 1 is 0.397 bits per heavy atom. The van der Waals surface area contributed by atoms with Crippen molar-refractivity contribution in [2.75, 3.05) is 19.8 Å². The summed E-state index contributed by atoms with van der Waals surface area (Å²) < 4.78 is 17.3. The maximum Gasteiger partial charge on any atom is 0.306 e. The summed E-state index contributed by atoms with van der Waals surface area (Å²) in [6.45, 7) is 7.57. The minimum atomic E-state index is -0.557. The molecule has 0 N–H and O–H groups in total. The number of allylic oxidation sites excluding steroid dienone is 12. The van der Waals surface area contributed by atoms with E-state index in [1.165, 1.54) is 96.3 Å². The highest BCUT2D eigenvalue weighted by molar-refractivity contribution is 5.70. The summed E-state index contributed by atoms with van der Waals surface area (Å²) >= 11 is 0. The number of carbonyl (C=O) groups excluding carboxylic acids is 2. The zero-order chi connectivity index (χ0) is 42.1. The molecule has 0 saturated heterocycles. The lowest BCUT2D eigenvalue weighted by molar-refractivity contribution is -0.163. The van der Waals surface area contributed by atoms with Crippen molar-refractivity contribution in [1.82, 2.24) is 0 Å². The molecule has 0 amide bonds. The first kappa shape index (κ1) is 55.3. The smallest absolute Gasteiger partial charge is 0.306 e. The monoisotopic (exact) mass is 809 g/mol. The molecule has 0 rings (SSSR count). The van der Waals surface area contributed by atoms with Gasteiger partial charge >= 0.3 is 11.9 Å². The Labute approximate surface area is 359 Å². The highest BCUT2D eigenvalue weighted by atomic mass is 16.6. The summed E-state index contributed by atoms with van der Waals surface area (Å²) in [7, 11) is 0. The van der Waals surface area contributed by atoms with Gasteiger partial charge < -0.3 is 14.2 Å². The van der Waals surface area contributed by atoms with Gasteiger partial charge in [-0.15, -0.1) is 0 Å². The SMILES string of the molecule is CC/C=C\C/C=C\C/C=C\C/C=C\CCCCCOCC(COC(=O)CCCCCCC/C=C\C/C=C\CCC)OC(=O)CCCCCCCCCCCCCCC. The van der Waals surface area contributed by atoms with Gasteiger partial charge in [-0.3, -0.25) is 9.59 Å². The van der Waals surface area contributed by atoms with Crippen molar-refractivity contribution >= 4 is 11.9 Å². The predicted octanol–water partition coefficient (Wildman–Crippen LogP) is 16.3. The summed E-state index contributed by atoms with van der Waals surface area (Å²) in [6, 6.07) is 0. The van der Waals surface area contributed by atoms with Crippen molar-refractivity contribution in [3.63, 3.8) is 0 Å². The predicted molar refractivity (Wildman–Crippen MR) is 251 cm³/mol. The van der Waals surface area contributed by atoms with Gasteiger partial charge in [-0.1, -0.05) is 203 Å². The van der Waals surface area contributed by atoms with Crippen LogP contribution in [0.4, 0.5) is 0 Å². The van der Waals surface area contributed by atoms with Crippen LogP contribution in [0.25, 0.3) is 0 Å². The zero-order valence-corrected chi connectivity index (χ0v) is 38.3. The second-order valence-electron chi connectivity index (χ2n) is 16.0. The molecule has 0 aromatic heterocycles. The first-order chi connectivity index (χ1) is 28.6. The molecule has 5 nitrogen and oxygen atoms in total. The number of hydrogen-bond donors (Lipinski definition) is 0. The molecule has 0 aliphatic carbocycles. The Morgan fingerprint density at radius 3 is 1.31 bits per heavy atom. The van der Waals surface area contributed by atoms with Gasteiger partial charge in [-0.2, -0.15) is 0 Å². The second-order valence-corrected chi connectivity index (χ2v) is 16.0. The Bertz CT molecular complexity index is 1050. The van der Waals surface area contributed by atoms with Gasteiger partial charge in [0.05, 0.1) is 6.61 Å². The van der Waals surface area contributed by atoms with Gasteiger partial charge in [0.2, 0.25) is 0 Å². The van der Waals surface area contributed by atoms with Gasteiger partial charge in [0.1, 0.15) is 6.61 Å². The van der Waals surface area contributed by atoms with Crippen LogP contribution in [0.3, 0.4) is 0 Å². The van der Waals surface area contributed by atoms with E-state index in [2.05, 4.69) is 93.7 Å². The molecular formula is C53H92O5. The Balaban J connectivity index is 4.34. The number of carbonyl (C=O) groups is 2. The summed E-state index contributed by atoms with van der Waals surface area (Å²) in [5.74, 6) is -0.430. The first-order valence-corrected chi connectivity index (χ1v) is 24.5. The topological polar surface area (TPSA) is 61.8 Å². The fourth-order valence-corrected chi connectivity index (χ4v) is 6.60. The Kier molecular flexibility index (Phi) is 46.5. The number of hydrogen-bond acceptors (Lipinski definition) is 5. The molecule has 0 aliphatic heterocycles. The minimum Gasteiger partial charge on any atom is -0.462 e. The highest BCUT2D eigenvalue weighted by Gasteiger charge is 2.17. The molecule has 0 radical (unpaired) electrons. The van der Waals surface area contributed by atoms with E-state index in [4.69, 9.17) is 14.2 Å². The van der Waals surface area contributed by atoms with Crippen LogP contribution >= 0.6 is 0 Å². The maximum atomic E-state index is 12.8. The fourth-order valence-electron chi connectivity index (χ4n) is 6.60. The molecule has 0 fully saturated rings. The third-order valence-corrected chi connectivity index (χ3v) is 10.2. The van der Waals surface area contributed by atoms with Crippen LogP contribution in [0.15, 0.2) is 72.9 Å². The third kappa shape index (κ3) is 46.0. The molecule has 0 spiro atoms. The number of rotatable bonds is 44. The van der Waals surface area contributed by atoms with Gasteiger partial charge in [-0.25, -0.2) is 0 Å². The average Bonchev–Trinajstić information content (AvgIpc) is 3.22. The van der Waals surface area contributed by atoms with Crippen LogP contribution in [-0.4, -0.2) is 37.9 Å². The third-order valence-electron chi connectivity index (χ3n) is 10.2. The van der Waals surface area contributed by atoms with Crippen molar-refractivity contribution in [2.24, 2.45) is 0 Å². The number of ether oxygens (including phenoxy) is 3. The molecule has 0 aliphatic rings. The minimum absolute atomic E-state index is 0.0645. The summed E-state index contributed by atoms with van der Waals surface area (Å²) in [5.41, 5.74) is 0. The lowest BCUT2D eigenvalue weighted by Gasteiger charge is -2.18. The van der Waals surface area contributed by atoms with Gasteiger partial charge in [0, 0.05) is 19.4 Å². The molecule has 0 bridgehead atoms. The molecule has 0 heterocycles. The van der Waals surface area contributed by atoms with E-state index in [1.807, 2.05) is 0 Å². The van der Waals surface area contributed by atoms with Crippen LogP contribution in [0.2, 0.25) is 0 Å². The molecule has 1 unspecified atom stereocenters. The lowest BCUT2D eigenvalue weighted by atomic mass is 10.0. The molecule has 5 heteroatoms. The van der Waals surface area contributed by atoms with E-state index >= 15 is 0 Å². The zero-order valence-electron chi connectivity index (χ0n) is 38.3. The molecule has 334 valence electrons. The largest absolute Gasteiger partial charge is 0.462 e. The molecule has 0 saturated carbocycles. The highest BCUT2D eigenvalue weighted by Crippen LogP contribution is 2.14. The molecule has 0 aromatic rings. The van der Waals surface area contributed by atoms with Crippen LogP contribution in [0.5, 0.6) is 0 Å². The van der Waals surface area contributed by atoms with E-state index in [0.29, 0.717) is 19.4 Å². The van der Waals surface area contributed by atoms with Gasteiger partial charge in [0.25, 0.3) is 0 Å². The molecule has 0 aromatic carbocycles. The number of unbranched alkanes of at least 4 members (excludes halogenated alkanes) is 21. The Hall–Kier alpha value is -2.66. The quantitative estimate of drug-likeness (QED) is 0.0348. The van der Waals surface area contributed by atoms with E-state index in [0.717, 1.165) is 96.3 Å². The van der Waals surface area contributed by atoms with Crippen LogP contribution in [0.1, 0.15) is 226 Å². The van der Waals surface area contributed by atoms with Gasteiger partial charge in [0.15, 0.2) is 6.10 Å². The van der Waals surface area contributed by atoms with E-state index < -0.39 is 6.10 Å². The Morgan fingerprint density at radius 2 is 0.810 bits per heavy atom. The van der Waals surface area contributed by atoms with Crippen LogP contribution < -0.4 is 0 Å². The normalized spacial score (nSPS) is 12.8. The molecule has 58 heavy (non-hydrogen) atoms. The summed E-state index contributed by atoms with van der Waals surface area (Å²) in [6.07, 6.45) is 61.9. The molecular weight excluding hydrogens is 717 g/mol. The summed E-state index contributed by atoms with van der Waals surface area (Å²) in [4.78, 5) is 25.3. The van der Waals surface area contributed by atoms with Crippen LogP contribution in [-0.2, 0) is 23.8 Å². The van der Waals surface area contributed by atoms with Gasteiger partial charge in [-0.05, 0) is 83.5 Å². The van der Waals surface area contributed by atoms with Crippen molar-refractivity contribution in [3.05, 3.63) is 72.9 Å². The van der Waals surface area contributed by atoms with Crippen molar-refractivity contribution in [2.45, 2.75) is 232 Å². The average molecular weight is 809 g/mol. The molecule has 1 atom stereocenters. The lowest BCUT2D eigenvalue weighted by Crippen LogP contribution is -2.30. The van der Waals surface area contributed by atoms with Crippen molar-refractivity contribution < 1.29 is 23.8 Å². The van der Waals surface area contributed by atoms with E-state index in [1.54, 1.807) is 0 Å². The maximum absolute atomic E-state index is 12.8. The van der Waals surface area contributed by atoms with E-state index in [9.17, 15) is 9.59 Å². The van der Waals surface area contributed by atoms with E-state index in [-0.39, 0.29) is 25.2 Å². The second kappa shape index (κ2) is 48.7. The van der Waals surface area contributed by atoms with Crippen molar-refractivity contribution in [3.8, 4) is 0 Å². The summed E-state index contributed by atoms with van der Waals surface area (Å²) in [5, 5.41) is 0. The fraction of sp³-hybridized carbons (Fsp3) is 0.736. The first-order valence-electron chi connectivity index (χ1n) is 24.5. The number of esters is 2. The van der Waals surface area contributed by atoms with Crippen LogP contribution in [0, 0.1) is 0 Å².